The van der Waals surface area contributed by atoms with E-state index in [1.54, 1.807) is 0 Å². The van der Waals surface area contributed by atoms with Crippen molar-refractivity contribution in [3.8, 4) is 55.6 Å². The molecule has 0 aliphatic heterocycles. The predicted octanol–water partition coefficient (Wildman–Crippen LogP) is 18.5. The third kappa shape index (κ3) is 7.50. The minimum atomic E-state index is -0.500. The summed E-state index contributed by atoms with van der Waals surface area (Å²) in [5, 5.41) is 0. The van der Waals surface area contributed by atoms with Crippen LogP contribution in [0.5, 0.6) is 0 Å². The van der Waals surface area contributed by atoms with E-state index < -0.39 is 5.41 Å². The highest BCUT2D eigenvalue weighted by Crippen LogP contribution is 2.61. The fraction of sp³-hybridized carbons (Fsp3) is 0.0571. The first-order valence-electron chi connectivity index (χ1n) is 25.0. The third-order valence-electron chi connectivity index (χ3n) is 15.1. The lowest BCUT2D eigenvalue weighted by molar-refractivity contribution is 0.768. The highest BCUT2D eigenvalue weighted by molar-refractivity contribution is 5.95. The first-order valence-corrected chi connectivity index (χ1v) is 25.0. The lowest BCUT2D eigenvalue weighted by Crippen LogP contribution is -2.28. The summed E-state index contributed by atoms with van der Waals surface area (Å²) in [5.74, 6) is 0.740. The van der Waals surface area contributed by atoms with Crippen molar-refractivity contribution in [3.63, 3.8) is 0 Å². The van der Waals surface area contributed by atoms with Crippen LogP contribution in [0.3, 0.4) is 0 Å². The minimum Gasteiger partial charge on any atom is -0.310 e. The van der Waals surface area contributed by atoms with Crippen LogP contribution in [0.4, 0.5) is 17.1 Å². The van der Waals surface area contributed by atoms with Crippen molar-refractivity contribution >= 4 is 17.1 Å². The second-order valence-electron chi connectivity index (χ2n) is 19.1. The van der Waals surface area contributed by atoms with Crippen LogP contribution < -0.4 is 4.90 Å². The van der Waals surface area contributed by atoms with Crippen LogP contribution in [-0.2, 0) is 5.41 Å². The molecule has 1 heteroatoms. The molecule has 0 N–H and O–H groups in total. The maximum absolute atomic E-state index is 2.60. The van der Waals surface area contributed by atoms with Gasteiger partial charge in [0.25, 0.3) is 0 Å². The van der Waals surface area contributed by atoms with Crippen molar-refractivity contribution in [1.82, 2.24) is 0 Å². The Hall–Kier alpha value is -8.78. The molecule has 0 spiro atoms. The molecule has 1 nitrogen and oxygen atoms in total. The standard InChI is InChI=1S/C70H51N/c1-7-21-49(22-8-1)52-35-37-54(38-36-52)62-48-64(62)61-42-39-56(51-25-11-3-12-26-51)46-69(61)71(68-44-40-55(50-23-9-2-10-24-50)45-63(68)53-27-13-4-14-28-53)59-41-43-67-65(47-59)60-33-19-20-34-66(60)70(67,57-29-15-5-16-30-57)58-31-17-6-18-32-58/h1-47,62,64H,48H2. The Morgan fingerprint density at radius 2 is 0.761 bits per heavy atom. The molecule has 0 saturated heterocycles. The quantitative estimate of drug-likeness (QED) is 0.125. The third-order valence-corrected chi connectivity index (χ3v) is 15.1. The molecule has 0 radical (unpaired) electrons. The van der Waals surface area contributed by atoms with Gasteiger partial charge in [-0.05, 0) is 132 Å². The molecule has 1 fully saturated rings. The topological polar surface area (TPSA) is 3.24 Å². The average molecular weight is 906 g/mol. The molecule has 2 aliphatic rings. The summed E-state index contributed by atoms with van der Waals surface area (Å²) in [6.45, 7) is 0. The first kappa shape index (κ1) is 42.3. The van der Waals surface area contributed by atoms with Gasteiger partial charge in [0.05, 0.1) is 16.8 Å². The van der Waals surface area contributed by atoms with Gasteiger partial charge in [-0.15, -0.1) is 0 Å². The van der Waals surface area contributed by atoms with Gasteiger partial charge >= 0.3 is 0 Å². The fourth-order valence-corrected chi connectivity index (χ4v) is 11.7. The Labute approximate surface area is 417 Å². The van der Waals surface area contributed by atoms with Crippen molar-refractivity contribution in [2.24, 2.45) is 0 Å². The van der Waals surface area contributed by atoms with Gasteiger partial charge in [0, 0.05) is 11.3 Å². The number of nitrogens with zero attached hydrogens (tertiary/aromatic N) is 1. The van der Waals surface area contributed by atoms with Gasteiger partial charge in [-0.2, -0.15) is 0 Å². The Morgan fingerprint density at radius 1 is 0.296 bits per heavy atom. The molecular weight excluding hydrogens is 855 g/mol. The van der Waals surface area contributed by atoms with Crippen molar-refractivity contribution < 1.29 is 0 Å². The minimum absolute atomic E-state index is 0.336. The smallest absolute Gasteiger partial charge is 0.0713 e. The molecule has 0 aromatic heterocycles. The normalized spacial score (nSPS) is 15.1. The van der Waals surface area contributed by atoms with Gasteiger partial charge in [-0.1, -0.05) is 255 Å². The van der Waals surface area contributed by atoms with E-state index in [-0.39, 0.29) is 0 Å². The molecule has 1 saturated carbocycles. The van der Waals surface area contributed by atoms with E-state index in [9.17, 15) is 0 Å². The van der Waals surface area contributed by atoms with Gasteiger partial charge < -0.3 is 4.90 Å². The summed E-state index contributed by atoms with van der Waals surface area (Å²) < 4.78 is 0. The second kappa shape index (κ2) is 17.9. The molecule has 2 aliphatic carbocycles. The molecular formula is C70H51N. The summed E-state index contributed by atoms with van der Waals surface area (Å²) in [6.07, 6.45) is 1.09. The average Bonchev–Trinajstić information content (AvgIpc) is 4.20. The Morgan fingerprint density at radius 3 is 1.37 bits per heavy atom. The number of fused-ring (bicyclic) bond motifs is 3. The van der Waals surface area contributed by atoms with E-state index in [0.29, 0.717) is 11.8 Å². The van der Waals surface area contributed by atoms with Gasteiger partial charge in [0.2, 0.25) is 0 Å². The Bertz CT molecular complexity index is 3600. The summed E-state index contributed by atoms with van der Waals surface area (Å²) in [4.78, 5) is 2.60. The highest BCUT2D eigenvalue weighted by atomic mass is 15.1. The molecule has 2 atom stereocenters. The van der Waals surface area contributed by atoms with Gasteiger partial charge in [0.15, 0.2) is 0 Å². The van der Waals surface area contributed by atoms with Crippen LogP contribution in [-0.4, -0.2) is 0 Å². The Balaban J connectivity index is 1.05. The zero-order valence-electron chi connectivity index (χ0n) is 39.4. The Kier molecular flexibility index (Phi) is 10.7. The van der Waals surface area contributed by atoms with E-state index in [2.05, 4.69) is 290 Å². The summed E-state index contributed by atoms with van der Waals surface area (Å²) in [5.41, 5.74) is 23.0. The van der Waals surface area contributed by atoms with E-state index in [0.717, 1.165) is 17.8 Å². The monoisotopic (exact) mass is 905 g/mol. The van der Waals surface area contributed by atoms with Crippen LogP contribution in [0.1, 0.15) is 51.6 Å². The zero-order chi connectivity index (χ0) is 47.1. The van der Waals surface area contributed by atoms with Gasteiger partial charge in [-0.25, -0.2) is 0 Å². The van der Waals surface area contributed by atoms with E-state index in [1.807, 2.05) is 0 Å². The van der Waals surface area contributed by atoms with Crippen LogP contribution in [0, 0.1) is 0 Å². The summed E-state index contributed by atoms with van der Waals surface area (Å²) in [7, 11) is 0. The summed E-state index contributed by atoms with van der Waals surface area (Å²) >= 11 is 0. The molecule has 11 aromatic rings. The second-order valence-corrected chi connectivity index (χ2v) is 19.1. The fourth-order valence-electron chi connectivity index (χ4n) is 11.7. The molecule has 0 heterocycles. The van der Waals surface area contributed by atoms with Crippen molar-refractivity contribution in [2.45, 2.75) is 23.7 Å². The molecule has 71 heavy (non-hydrogen) atoms. The van der Waals surface area contributed by atoms with Crippen molar-refractivity contribution in [1.29, 1.82) is 0 Å². The van der Waals surface area contributed by atoms with Crippen LogP contribution in [0.15, 0.2) is 285 Å². The number of benzene rings is 11. The number of rotatable bonds is 11. The van der Waals surface area contributed by atoms with Crippen molar-refractivity contribution in [3.05, 3.63) is 318 Å². The SMILES string of the molecule is c1ccc(-c2ccc(C3CC3c3ccc(-c4ccccc4)cc3N(c3ccc4c(c3)-c3ccccc3C4(c3ccccc3)c3ccccc3)c3ccc(-c4ccccc4)cc3-c3ccccc3)cc2)cc1. The zero-order valence-corrected chi connectivity index (χ0v) is 39.4. The highest BCUT2D eigenvalue weighted by Gasteiger charge is 2.47. The maximum Gasteiger partial charge on any atom is 0.0713 e. The largest absolute Gasteiger partial charge is 0.310 e. The molecule has 2 unspecified atom stereocenters. The number of hydrogen-bond donors (Lipinski definition) is 0. The van der Waals surface area contributed by atoms with Crippen LogP contribution in [0.25, 0.3) is 55.6 Å². The van der Waals surface area contributed by atoms with Crippen LogP contribution in [0.2, 0.25) is 0 Å². The number of anilines is 3. The molecule has 13 rings (SSSR count). The van der Waals surface area contributed by atoms with E-state index in [4.69, 9.17) is 0 Å². The molecule has 11 aromatic carbocycles. The van der Waals surface area contributed by atoms with E-state index >= 15 is 0 Å². The van der Waals surface area contributed by atoms with Crippen molar-refractivity contribution in [2.75, 3.05) is 4.90 Å². The first-order chi connectivity index (χ1) is 35.2. The molecule has 0 bridgehead atoms. The lowest BCUT2D eigenvalue weighted by Gasteiger charge is -2.34. The summed E-state index contributed by atoms with van der Waals surface area (Å²) in [6, 6.07) is 106. The maximum atomic E-state index is 2.60. The van der Waals surface area contributed by atoms with Gasteiger partial charge in [0.1, 0.15) is 0 Å². The number of hydrogen-bond acceptors (Lipinski definition) is 1. The lowest BCUT2D eigenvalue weighted by atomic mass is 9.68. The van der Waals surface area contributed by atoms with E-state index in [1.165, 1.54) is 94.7 Å². The molecule has 0 amide bonds. The predicted molar refractivity (Wildman–Crippen MR) is 297 cm³/mol. The van der Waals surface area contributed by atoms with Crippen LogP contribution >= 0.6 is 0 Å². The van der Waals surface area contributed by atoms with Gasteiger partial charge in [-0.3, -0.25) is 0 Å². The molecule has 336 valence electrons.